The number of fused-ring (bicyclic) bond motifs is 2. The molecule has 1 fully saturated rings. The first kappa shape index (κ1) is 53.4. The van der Waals surface area contributed by atoms with Gasteiger partial charge in [-0.1, -0.05) is 0 Å². The Hall–Kier alpha value is -3.20. The quantitative estimate of drug-likeness (QED) is 0.0441. The average Bonchev–Trinajstić information content (AvgIpc) is 3.24. The summed E-state index contributed by atoms with van der Waals surface area (Å²) in [6, 6.07) is 3.01. The van der Waals surface area contributed by atoms with Crippen molar-refractivity contribution >= 4 is 22.3 Å². The minimum absolute atomic E-state index is 0.0761. The van der Waals surface area contributed by atoms with Gasteiger partial charge in [-0.25, -0.2) is 0 Å². The maximum atomic E-state index is 14.4. The number of phenols is 2. The molecular weight excluding hydrogens is 852 g/mol. The number of carbonyl (C=O) groups is 2. The molecule has 0 spiro atoms. The zero-order valence-electron chi connectivity index (χ0n) is 37.3. The lowest BCUT2D eigenvalue weighted by Crippen LogP contribution is -2.52. The lowest BCUT2D eigenvalue weighted by Gasteiger charge is -2.37. The molecule has 0 saturated carbocycles. The molecule has 10 N–H and O–H groups in total. The Morgan fingerprint density at radius 1 is 0.828 bits per heavy atom. The van der Waals surface area contributed by atoms with Gasteiger partial charge in [0.15, 0.2) is 11.6 Å². The Kier molecular flexibility index (Phi) is 20.0. The van der Waals surface area contributed by atoms with Crippen LogP contribution >= 0.6 is 0 Å². The molecule has 1 heterocycles. The molecule has 2 aliphatic rings. The average molecular weight is 919 g/mol. The van der Waals surface area contributed by atoms with E-state index in [4.69, 9.17) is 42.6 Å². The van der Waals surface area contributed by atoms with Crippen LogP contribution in [-0.2, 0) is 49.1 Å². The summed E-state index contributed by atoms with van der Waals surface area (Å²) in [5, 5.41) is 104. The van der Waals surface area contributed by atoms with Crippen LogP contribution in [0.2, 0.25) is 0 Å². The van der Waals surface area contributed by atoms with Gasteiger partial charge in [0.25, 0.3) is 0 Å². The van der Waals surface area contributed by atoms with Crippen LogP contribution in [0.15, 0.2) is 12.1 Å². The highest BCUT2D eigenvalue weighted by atomic mass is 16.7. The van der Waals surface area contributed by atoms with Crippen LogP contribution in [0.4, 0.5) is 0 Å². The van der Waals surface area contributed by atoms with E-state index in [0.717, 1.165) is 0 Å². The molecule has 1 saturated heterocycles. The highest BCUT2D eigenvalue weighted by Gasteiger charge is 2.47. The highest BCUT2D eigenvalue weighted by molar-refractivity contribution is 6.11. The van der Waals surface area contributed by atoms with Crippen LogP contribution in [0.25, 0.3) is 10.8 Å². The van der Waals surface area contributed by atoms with E-state index in [1.165, 1.54) is 46.9 Å². The highest BCUT2D eigenvalue weighted by Crippen LogP contribution is 2.46. The van der Waals surface area contributed by atoms with Gasteiger partial charge >= 0.3 is 0 Å². The van der Waals surface area contributed by atoms with Gasteiger partial charge in [0.1, 0.15) is 80.4 Å². The number of aliphatic hydroxyl groups excluding tert-OH is 8. The summed E-state index contributed by atoms with van der Waals surface area (Å²) in [6.45, 7) is 8.64. The molecule has 2 aromatic carbocycles. The number of hydrogen-bond acceptors (Lipinski definition) is 21. The summed E-state index contributed by atoms with van der Waals surface area (Å²) in [7, 11) is 1.18. The molecule has 0 aromatic heterocycles. The number of ketones is 2. The number of ether oxygens (including phenoxy) is 9. The summed E-state index contributed by atoms with van der Waals surface area (Å²) in [6.07, 6.45) is -17.6. The first-order valence-corrected chi connectivity index (χ1v) is 21.1. The number of benzene rings is 2. The number of rotatable bonds is 25. The summed E-state index contributed by atoms with van der Waals surface area (Å²) in [5.74, 6) is -3.81. The summed E-state index contributed by atoms with van der Waals surface area (Å²) >= 11 is 0. The summed E-state index contributed by atoms with van der Waals surface area (Å²) in [5.41, 5.74) is 0.173. The van der Waals surface area contributed by atoms with Crippen molar-refractivity contribution in [2.24, 2.45) is 5.92 Å². The maximum absolute atomic E-state index is 14.4. The fraction of sp³-hybridized carbons (Fsp3) is 0.721. The van der Waals surface area contributed by atoms with Crippen molar-refractivity contribution in [2.45, 2.75) is 153 Å². The monoisotopic (exact) mass is 918 g/mol. The second kappa shape index (κ2) is 24.0. The second-order valence-corrected chi connectivity index (χ2v) is 16.5. The molecule has 16 atom stereocenters. The van der Waals surface area contributed by atoms with Gasteiger partial charge in [-0.05, 0) is 78.0 Å². The first-order valence-electron chi connectivity index (χ1n) is 21.1. The molecular formula is C43H66O21. The van der Waals surface area contributed by atoms with Gasteiger partial charge in [0.05, 0.1) is 66.9 Å². The van der Waals surface area contributed by atoms with Crippen molar-refractivity contribution in [3.63, 3.8) is 0 Å². The van der Waals surface area contributed by atoms with E-state index in [1.54, 1.807) is 20.8 Å². The van der Waals surface area contributed by atoms with E-state index >= 15 is 0 Å². The largest absolute Gasteiger partial charge is 0.507 e. The molecule has 7 unspecified atom stereocenters. The fourth-order valence-corrected chi connectivity index (χ4v) is 7.39. The number of methoxy groups -OCH3 is 1. The van der Waals surface area contributed by atoms with Gasteiger partial charge in [-0.3, -0.25) is 9.59 Å². The summed E-state index contributed by atoms with van der Waals surface area (Å²) in [4.78, 5) is 27.8. The molecule has 1 aliphatic heterocycles. The number of Topliss-reactive ketones (excluding diaryl/α,β-unsaturated/α-hetero) is 2. The molecule has 0 radical (unpaired) electrons. The Labute approximate surface area is 370 Å². The first-order chi connectivity index (χ1) is 30.1. The molecule has 0 bridgehead atoms. The zero-order chi connectivity index (χ0) is 47.7. The van der Waals surface area contributed by atoms with Crippen molar-refractivity contribution in [3.8, 4) is 17.2 Å². The standard InChI is InChI=1S/C43H66O21/c1-18-31(64-32-12-28(46)38(52)24(7)63-32)11-26-9-25-10-27(42(56-8)41(55)37(51)20(3)45)43(40(54)34(25)39(53)33(26)35(18)49)62-17-61-22(5)30(48)14-57-15-59-21(4)29(47)13-58-16-60-23(6)36(50)19(2)44/h9,11,19-24,27-30,32,36-38,42-53H,10,12-17H2,1-8H3/t19?,20-,21?,22?,23?,24?,27?,28?,29-,30+,32+,36+,37+,38-,42+,43+/m1/s1. The Bertz CT molecular complexity index is 1810. The van der Waals surface area contributed by atoms with Crippen LogP contribution in [0.1, 0.15) is 69.4 Å². The van der Waals surface area contributed by atoms with E-state index in [0.29, 0.717) is 0 Å². The number of phenolic OH excluding ortho intramolecular Hbond substituents is 2. The number of aliphatic hydroxyl groups is 8. The number of carbonyl (C=O) groups excluding carboxylic acids is 2. The molecule has 2 aromatic rings. The predicted molar refractivity (Wildman–Crippen MR) is 221 cm³/mol. The van der Waals surface area contributed by atoms with Gasteiger partial charge in [0, 0.05) is 25.0 Å². The van der Waals surface area contributed by atoms with Crippen LogP contribution in [-0.4, -0.2) is 195 Å². The van der Waals surface area contributed by atoms with E-state index in [9.17, 15) is 60.7 Å². The van der Waals surface area contributed by atoms with Crippen molar-refractivity contribution in [2.75, 3.05) is 40.7 Å². The second-order valence-electron chi connectivity index (χ2n) is 16.5. The van der Waals surface area contributed by atoms with E-state index in [2.05, 4.69) is 0 Å². The minimum Gasteiger partial charge on any atom is -0.507 e. The van der Waals surface area contributed by atoms with Crippen molar-refractivity contribution in [3.05, 3.63) is 28.8 Å². The third-order valence-electron chi connectivity index (χ3n) is 11.7. The molecule has 4 rings (SSSR count). The number of aromatic hydroxyl groups is 2. The van der Waals surface area contributed by atoms with Crippen LogP contribution in [0, 0.1) is 12.8 Å². The van der Waals surface area contributed by atoms with E-state index < -0.39 is 128 Å². The van der Waals surface area contributed by atoms with Crippen LogP contribution < -0.4 is 4.74 Å². The van der Waals surface area contributed by atoms with Crippen molar-refractivity contribution in [1.29, 1.82) is 0 Å². The van der Waals surface area contributed by atoms with Gasteiger partial charge in [-0.2, -0.15) is 0 Å². The predicted octanol–water partition coefficient (Wildman–Crippen LogP) is -0.555. The van der Waals surface area contributed by atoms with E-state index in [1.807, 2.05) is 0 Å². The Balaban J connectivity index is 1.43. The van der Waals surface area contributed by atoms with Crippen LogP contribution in [0.5, 0.6) is 17.2 Å². The smallest absolute Gasteiger partial charge is 0.202 e. The molecule has 21 heteroatoms. The third-order valence-corrected chi connectivity index (χ3v) is 11.7. The van der Waals surface area contributed by atoms with Crippen molar-refractivity contribution in [1.82, 2.24) is 0 Å². The lowest BCUT2D eigenvalue weighted by molar-refractivity contribution is -0.216. The molecule has 1 aliphatic carbocycles. The fourth-order valence-electron chi connectivity index (χ4n) is 7.39. The molecule has 64 heavy (non-hydrogen) atoms. The molecule has 0 amide bonds. The number of hydrogen-bond donors (Lipinski definition) is 10. The maximum Gasteiger partial charge on any atom is 0.202 e. The van der Waals surface area contributed by atoms with Gasteiger partial charge < -0.3 is 93.7 Å². The molecule has 21 nitrogen and oxygen atoms in total. The Morgan fingerprint density at radius 3 is 1.95 bits per heavy atom. The van der Waals surface area contributed by atoms with E-state index in [-0.39, 0.29) is 72.9 Å². The van der Waals surface area contributed by atoms with Gasteiger partial charge in [-0.15, -0.1) is 0 Å². The SMILES string of the molecule is CO[C@H](C(=O)[C@@H](O)[C@@H](C)O)C1Cc2cc3cc(O[C@H]4CC(O)[C@H](O)C(C)O4)c(C)c(O)c3c(O)c2C(=O)[C@H]1OCOC(C)[C@@H](O)COCOC(C)[C@H](O)COCOC(C)[C@@H](O)C(C)O. The Morgan fingerprint density at radius 2 is 1.41 bits per heavy atom. The zero-order valence-corrected chi connectivity index (χ0v) is 37.3. The minimum atomic E-state index is -1.89. The van der Waals surface area contributed by atoms with Crippen molar-refractivity contribution < 1.29 is 103 Å². The summed E-state index contributed by atoms with van der Waals surface area (Å²) < 4.78 is 50.2. The molecule has 364 valence electrons. The lowest BCUT2D eigenvalue weighted by atomic mass is 9.75. The third kappa shape index (κ3) is 13.0. The van der Waals surface area contributed by atoms with Crippen LogP contribution in [0.3, 0.4) is 0 Å². The topological polar surface area (TPSA) is 320 Å². The van der Waals surface area contributed by atoms with Gasteiger partial charge in [0.2, 0.25) is 6.29 Å². The normalized spacial score (nSPS) is 26.3.